The molecular formula is C14H20ClN3. The van der Waals surface area contributed by atoms with E-state index in [1.165, 1.54) is 24.1 Å². The maximum atomic E-state index is 5.94. The topological polar surface area (TPSA) is 30.7 Å². The predicted molar refractivity (Wildman–Crippen MR) is 76.2 cm³/mol. The largest absolute Gasteiger partial charge is 0.329 e. The van der Waals surface area contributed by atoms with Gasteiger partial charge in [0.15, 0.2) is 0 Å². The minimum absolute atomic E-state index is 0.336. The second kappa shape index (κ2) is 5.70. The molecule has 0 aliphatic carbocycles. The molecular weight excluding hydrogens is 246 g/mol. The summed E-state index contributed by atoms with van der Waals surface area (Å²) in [4.78, 5) is 8.55. The predicted octanol–water partition coefficient (Wildman–Crippen LogP) is 4.01. The molecule has 2 heterocycles. The fourth-order valence-electron chi connectivity index (χ4n) is 2.57. The fourth-order valence-corrected chi connectivity index (χ4v) is 2.70. The number of hydrogen-bond donors (Lipinski definition) is 0. The molecule has 4 heteroatoms. The molecule has 0 bridgehead atoms. The molecule has 2 aromatic rings. The van der Waals surface area contributed by atoms with Crippen molar-refractivity contribution in [2.75, 3.05) is 0 Å². The molecule has 98 valence electrons. The van der Waals surface area contributed by atoms with E-state index < -0.39 is 0 Å². The number of unbranched alkanes of at least 4 members (excludes halogenated alkanes) is 1. The Morgan fingerprint density at radius 3 is 2.61 bits per heavy atom. The van der Waals surface area contributed by atoms with E-state index in [2.05, 4.69) is 35.3 Å². The van der Waals surface area contributed by atoms with E-state index in [0.717, 1.165) is 30.4 Å². The van der Waals surface area contributed by atoms with Gasteiger partial charge in [-0.25, -0.2) is 4.98 Å². The molecule has 0 saturated heterocycles. The summed E-state index contributed by atoms with van der Waals surface area (Å²) in [7, 11) is 0. The molecule has 0 spiro atoms. The monoisotopic (exact) mass is 265 g/mol. The molecule has 0 saturated carbocycles. The number of fused-ring (bicyclic) bond motifs is 1. The van der Waals surface area contributed by atoms with Crippen LogP contribution in [0.1, 0.15) is 44.9 Å². The highest BCUT2D eigenvalue weighted by molar-refractivity contribution is 6.28. The minimum Gasteiger partial charge on any atom is -0.329 e. The normalized spacial score (nSPS) is 11.3. The van der Waals surface area contributed by atoms with Crippen molar-refractivity contribution in [3.8, 4) is 0 Å². The Balaban J connectivity index is 2.66. The number of hydrogen-bond acceptors (Lipinski definition) is 2. The molecule has 0 unspecified atom stereocenters. The average molecular weight is 266 g/mol. The highest BCUT2D eigenvalue weighted by atomic mass is 35.5. The lowest BCUT2D eigenvalue weighted by atomic mass is 10.1. The van der Waals surface area contributed by atoms with Crippen molar-refractivity contribution >= 4 is 22.6 Å². The van der Waals surface area contributed by atoms with Crippen molar-refractivity contribution in [2.24, 2.45) is 0 Å². The molecule has 2 rings (SSSR count). The maximum Gasteiger partial charge on any atom is 0.224 e. The Morgan fingerprint density at radius 2 is 2.00 bits per heavy atom. The van der Waals surface area contributed by atoms with Crippen LogP contribution in [-0.2, 0) is 19.4 Å². The molecule has 0 aliphatic rings. The van der Waals surface area contributed by atoms with E-state index in [4.69, 9.17) is 11.6 Å². The summed E-state index contributed by atoms with van der Waals surface area (Å²) >= 11 is 5.94. The summed E-state index contributed by atoms with van der Waals surface area (Å²) in [6, 6.07) is 0. The molecule has 0 aliphatic heterocycles. The molecule has 18 heavy (non-hydrogen) atoms. The molecule has 0 fully saturated rings. The second-order valence-electron chi connectivity index (χ2n) is 4.51. The van der Waals surface area contributed by atoms with Gasteiger partial charge in [-0.05, 0) is 36.4 Å². The highest BCUT2D eigenvalue weighted by Crippen LogP contribution is 2.26. The van der Waals surface area contributed by atoms with E-state index in [0.29, 0.717) is 5.28 Å². The van der Waals surface area contributed by atoms with Crippen LogP contribution >= 0.6 is 11.6 Å². The van der Waals surface area contributed by atoms with Gasteiger partial charge in [0.1, 0.15) is 5.65 Å². The van der Waals surface area contributed by atoms with Crippen molar-refractivity contribution in [2.45, 2.75) is 53.0 Å². The van der Waals surface area contributed by atoms with Gasteiger partial charge in [-0.3, -0.25) is 0 Å². The zero-order valence-corrected chi connectivity index (χ0v) is 12.1. The van der Waals surface area contributed by atoms with Gasteiger partial charge in [-0.1, -0.05) is 27.2 Å². The first-order valence-electron chi connectivity index (χ1n) is 6.75. The van der Waals surface area contributed by atoms with Gasteiger partial charge in [-0.15, -0.1) is 0 Å². The zero-order valence-electron chi connectivity index (χ0n) is 11.3. The van der Waals surface area contributed by atoms with E-state index >= 15 is 0 Å². The van der Waals surface area contributed by atoms with Crippen molar-refractivity contribution in [3.63, 3.8) is 0 Å². The first-order chi connectivity index (χ1) is 8.72. The summed E-state index contributed by atoms with van der Waals surface area (Å²) < 4.78 is 2.32. The van der Waals surface area contributed by atoms with Gasteiger partial charge < -0.3 is 4.57 Å². The molecule has 0 N–H and O–H groups in total. The second-order valence-corrected chi connectivity index (χ2v) is 4.85. The van der Waals surface area contributed by atoms with Crippen LogP contribution in [-0.4, -0.2) is 14.5 Å². The Labute approximate surface area is 113 Å². The number of rotatable bonds is 5. The van der Waals surface area contributed by atoms with Gasteiger partial charge in [0, 0.05) is 23.8 Å². The minimum atomic E-state index is 0.336. The van der Waals surface area contributed by atoms with Gasteiger partial charge in [0.25, 0.3) is 0 Å². The van der Waals surface area contributed by atoms with Crippen LogP contribution in [0, 0.1) is 0 Å². The lowest BCUT2D eigenvalue weighted by molar-refractivity contribution is 0.621. The van der Waals surface area contributed by atoms with Gasteiger partial charge >= 0.3 is 0 Å². The van der Waals surface area contributed by atoms with Gasteiger partial charge in [0.2, 0.25) is 5.28 Å². The summed E-state index contributed by atoms with van der Waals surface area (Å²) in [6.45, 7) is 7.61. The fraction of sp³-hybridized carbons (Fsp3) is 0.571. The summed E-state index contributed by atoms with van der Waals surface area (Å²) in [5.74, 6) is 0. The molecule has 0 amide bonds. The first kappa shape index (κ1) is 13.3. The van der Waals surface area contributed by atoms with Crippen LogP contribution in [0.15, 0.2) is 6.20 Å². The summed E-state index contributed by atoms with van der Waals surface area (Å²) in [6.07, 6.45) is 6.26. The standard InChI is InChI=1S/C14H20ClN3/c1-4-7-8-18-12(6-3)10(5-2)11-9-16-14(15)17-13(11)18/h9H,4-8H2,1-3H3. The van der Waals surface area contributed by atoms with Crippen molar-refractivity contribution < 1.29 is 0 Å². The third-order valence-electron chi connectivity index (χ3n) is 3.42. The number of nitrogens with zero attached hydrogens (tertiary/aromatic N) is 3. The van der Waals surface area contributed by atoms with Crippen LogP contribution in [0.25, 0.3) is 11.0 Å². The Bertz CT molecular complexity index is 545. The summed E-state index contributed by atoms with van der Waals surface area (Å²) in [5.41, 5.74) is 3.76. The Kier molecular flexibility index (Phi) is 4.23. The number of halogens is 1. The van der Waals surface area contributed by atoms with Crippen LogP contribution in [0.5, 0.6) is 0 Å². The zero-order chi connectivity index (χ0) is 13.1. The lowest BCUT2D eigenvalue weighted by Crippen LogP contribution is -2.04. The maximum absolute atomic E-state index is 5.94. The van der Waals surface area contributed by atoms with Gasteiger partial charge in [-0.2, -0.15) is 4.98 Å². The number of aryl methyl sites for hydroxylation is 2. The van der Waals surface area contributed by atoms with Crippen molar-refractivity contribution in [1.29, 1.82) is 0 Å². The average Bonchev–Trinajstić information content (AvgIpc) is 2.68. The smallest absolute Gasteiger partial charge is 0.224 e. The van der Waals surface area contributed by atoms with Crippen LogP contribution < -0.4 is 0 Å². The SMILES string of the molecule is CCCCn1c(CC)c(CC)c2cnc(Cl)nc21. The lowest BCUT2D eigenvalue weighted by Gasteiger charge is -2.09. The molecule has 0 atom stereocenters. The molecule has 3 nitrogen and oxygen atoms in total. The Morgan fingerprint density at radius 1 is 1.22 bits per heavy atom. The molecule has 2 aromatic heterocycles. The van der Waals surface area contributed by atoms with Crippen molar-refractivity contribution in [1.82, 2.24) is 14.5 Å². The van der Waals surface area contributed by atoms with Crippen molar-refractivity contribution in [3.05, 3.63) is 22.7 Å². The number of aromatic nitrogens is 3. The Hall–Kier alpha value is -1.09. The van der Waals surface area contributed by atoms with E-state index in [1.807, 2.05) is 6.20 Å². The van der Waals surface area contributed by atoms with E-state index in [9.17, 15) is 0 Å². The van der Waals surface area contributed by atoms with E-state index in [1.54, 1.807) is 0 Å². The third kappa shape index (κ3) is 2.24. The van der Waals surface area contributed by atoms with Crippen LogP contribution in [0.2, 0.25) is 5.28 Å². The van der Waals surface area contributed by atoms with Crippen LogP contribution in [0.3, 0.4) is 0 Å². The first-order valence-corrected chi connectivity index (χ1v) is 7.13. The quantitative estimate of drug-likeness (QED) is 0.765. The molecule has 0 radical (unpaired) electrons. The van der Waals surface area contributed by atoms with E-state index in [-0.39, 0.29) is 0 Å². The molecule has 0 aromatic carbocycles. The highest BCUT2D eigenvalue weighted by Gasteiger charge is 2.16. The van der Waals surface area contributed by atoms with Gasteiger partial charge in [0.05, 0.1) is 0 Å². The van der Waals surface area contributed by atoms with Crippen LogP contribution in [0.4, 0.5) is 0 Å². The third-order valence-corrected chi connectivity index (χ3v) is 3.60. The summed E-state index contributed by atoms with van der Waals surface area (Å²) in [5, 5.41) is 1.50.